The Bertz CT molecular complexity index is 3170. The molecule has 0 amide bonds. The molecule has 0 N–H and O–H groups in total. The van der Waals surface area contributed by atoms with Gasteiger partial charge in [-0.2, -0.15) is 0 Å². The molecule has 4 nitrogen and oxygen atoms in total. The monoisotopic (exact) mass is 636 g/mol. The molecule has 10 rings (SSSR count). The van der Waals surface area contributed by atoms with E-state index in [0.29, 0.717) is 5.56 Å². The Kier molecular flexibility index (Phi) is 4.60. The van der Waals surface area contributed by atoms with Crippen LogP contribution in [-0.4, -0.2) is 4.98 Å². The first-order chi connectivity index (χ1) is 27.6. The van der Waals surface area contributed by atoms with Gasteiger partial charge in [-0.1, -0.05) is 109 Å². The summed E-state index contributed by atoms with van der Waals surface area (Å²) in [5, 5.41) is 1.91. The lowest BCUT2D eigenvalue weighted by Crippen LogP contribution is -2.09. The Hall–Kier alpha value is -6.65. The lowest BCUT2D eigenvalue weighted by atomic mass is 10.0. The molecule has 10 aromatic rings. The van der Waals surface area contributed by atoms with E-state index in [1.54, 1.807) is 0 Å². The number of fused-ring (bicyclic) bond motifs is 9. The molecule has 0 atom stereocenters. The van der Waals surface area contributed by atoms with E-state index in [1.807, 2.05) is 78.9 Å². The van der Waals surface area contributed by atoms with E-state index in [2.05, 4.69) is 47.4 Å². The molecule has 2 heterocycles. The van der Waals surface area contributed by atoms with E-state index >= 15 is 0 Å². The molecule has 0 aliphatic heterocycles. The minimum Gasteiger partial charge on any atom is -0.456 e. The van der Waals surface area contributed by atoms with Crippen molar-refractivity contribution in [1.29, 1.82) is 0 Å². The first-order valence-corrected chi connectivity index (χ1v) is 15.8. The van der Waals surface area contributed by atoms with Gasteiger partial charge in [-0.25, -0.2) is 4.98 Å². The topological polar surface area (TPSA) is 42.4 Å². The first-order valence-electron chi connectivity index (χ1n) is 19.8. The molecular formula is C45H28N2O2. The Morgan fingerprint density at radius 1 is 0.449 bits per heavy atom. The third-order valence-electron chi connectivity index (χ3n) is 8.94. The van der Waals surface area contributed by atoms with Crippen molar-refractivity contribution in [3.8, 4) is 22.6 Å². The van der Waals surface area contributed by atoms with E-state index in [0.717, 1.165) is 50.1 Å². The number of furan rings is 1. The number of benzene rings is 8. The standard InChI is InChI=1S/C45H28N2O2/c1-2-10-29(11-3-1)30-18-22-32(23-19-30)47(34-26-27-42-40(28-34)37-14-8-9-17-41(37)48-42)33-24-20-31(21-25-33)45-46-43-38-15-6-4-12-35(38)36-13-5-7-16-39(36)44(43)49-45/h1-28H/i4D,5D,6D,7D,12D,13D,15D,16D. The number of oxazole rings is 1. The summed E-state index contributed by atoms with van der Waals surface area (Å²) in [5.74, 6) is 0.121. The molecule has 0 fully saturated rings. The number of para-hydroxylation sites is 1. The molecule has 0 saturated carbocycles. The van der Waals surface area contributed by atoms with Gasteiger partial charge in [0.25, 0.3) is 0 Å². The van der Waals surface area contributed by atoms with E-state index in [4.69, 9.17) is 24.8 Å². The van der Waals surface area contributed by atoms with Crippen LogP contribution in [0, 0.1) is 0 Å². The molecule has 8 aromatic carbocycles. The van der Waals surface area contributed by atoms with Crippen LogP contribution in [0.25, 0.3) is 77.2 Å². The maximum atomic E-state index is 8.83. The Labute approximate surface area is 293 Å². The normalized spacial score (nSPS) is 14.0. The molecule has 4 heteroatoms. The quantitative estimate of drug-likeness (QED) is 0.176. The fourth-order valence-electron chi connectivity index (χ4n) is 6.62. The number of nitrogens with zero attached hydrogens (tertiary/aromatic N) is 2. The van der Waals surface area contributed by atoms with Gasteiger partial charge < -0.3 is 13.7 Å². The van der Waals surface area contributed by atoms with Crippen LogP contribution in [0.4, 0.5) is 17.1 Å². The van der Waals surface area contributed by atoms with Crippen LogP contribution in [0.3, 0.4) is 0 Å². The summed E-state index contributed by atoms with van der Waals surface area (Å²) in [7, 11) is 0. The van der Waals surface area contributed by atoms with Crippen molar-refractivity contribution in [2.24, 2.45) is 0 Å². The molecule has 0 spiro atoms. The SMILES string of the molecule is [2H]c1c([2H])c([2H])c2c(c1[2H])c1nc(-c3ccc(N(c4ccc(-c5ccccc5)cc4)c4ccc5oc6ccccc6c5c4)cc3)oc1c1c([2H])c([2H])c([2H])c([2H])c12. The van der Waals surface area contributed by atoms with Crippen molar-refractivity contribution in [3.05, 3.63) is 170 Å². The zero-order valence-electron chi connectivity index (χ0n) is 33.8. The van der Waals surface area contributed by atoms with Crippen LogP contribution in [0.2, 0.25) is 0 Å². The van der Waals surface area contributed by atoms with Gasteiger partial charge in [0.2, 0.25) is 5.89 Å². The fourth-order valence-corrected chi connectivity index (χ4v) is 6.62. The molecule has 0 aliphatic carbocycles. The number of aromatic nitrogens is 1. The lowest BCUT2D eigenvalue weighted by Gasteiger charge is -2.26. The van der Waals surface area contributed by atoms with Crippen LogP contribution in [-0.2, 0) is 0 Å². The predicted octanol–water partition coefficient (Wildman–Crippen LogP) is 12.8. The molecule has 2 aromatic heterocycles. The van der Waals surface area contributed by atoms with Crippen LogP contribution in [0.1, 0.15) is 11.0 Å². The lowest BCUT2D eigenvalue weighted by molar-refractivity contribution is 0.623. The number of rotatable bonds is 5. The summed E-state index contributed by atoms with van der Waals surface area (Å²) in [5.41, 5.74) is 7.05. The molecule has 49 heavy (non-hydrogen) atoms. The summed E-state index contributed by atoms with van der Waals surface area (Å²) in [6.45, 7) is 0. The van der Waals surface area contributed by atoms with Crippen molar-refractivity contribution in [2.45, 2.75) is 0 Å². The Balaban J connectivity index is 1.15. The summed E-state index contributed by atoms with van der Waals surface area (Å²) in [6.07, 6.45) is 0. The van der Waals surface area contributed by atoms with Gasteiger partial charge in [0.1, 0.15) is 16.7 Å². The summed E-state index contributed by atoms with van der Waals surface area (Å²) < 4.78 is 81.2. The number of hydrogen-bond acceptors (Lipinski definition) is 4. The van der Waals surface area contributed by atoms with Gasteiger partial charge in [0, 0.05) is 44.2 Å². The second-order valence-corrected chi connectivity index (χ2v) is 11.8. The van der Waals surface area contributed by atoms with Crippen molar-refractivity contribution in [2.75, 3.05) is 4.90 Å². The van der Waals surface area contributed by atoms with Gasteiger partial charge in [0.05, 0.1) is 11.0 Å². The molecular weight excluding hydrogens is 601 g/mol. The second kappa shape index (κ2) is 11.0. The highest BCUT2D eigenvalue weighted by atomic mass is 16.3. The molecule has 0 radical (unpaired) electrons. The van der Waals surface area contributed by atoms with Gasteiger partial charge >= 0.3 is 0 Å². The third kappa shape index (κ3) is 4.49. The first kappa shape index (κ1) is 20.6. The third-order valence-corrected chi connectivity index (χ3v) is 8.94. The maximum Gasteiger partial charge on any atom is 0.227 e. The zero-order chi connectivity index (χ0) is 39.3. The molecule has 0 aliphatic rings. The van der Waals surface area contributed by atoms with Crippen LogP contribution in [0.5, 0.6) is 0 Å². The molecule has 0 saturated heterocycles. The van der Waals surface area contributed by atoms with E-state index in [9.17, 15) is 0 Å². The highest BCUT2D eigenvalue weighted by Gasteiger charge is 2.19. The van der Waals surface area contributed by atoms with Crippen LogP contribution < -0.4 is 4.90 Å². The zero-order valence-corrected chi connectivity index (χ0v) is 25.8. The van der Waals surface area contributed by atoms with Crippen molar-refractivity contribution in [1.82, 2.24) is 4.98 Å². The molecule has 0 unspecified atom stereocenters. The highest BCUT2D eigenvalue weighted by Crippen LogP contribution is 2.41. The molecule has 0 bridgehead atoms. The second-order valence-electron chi connectivity index (χ2n) is 11.8. The van der Waals surface area contributed by atoms with Gasteiger partial charge in [0.15, 0.2) is 5.58 Å². The number of hydrogen-bond donors (Lipinski definition) is 0. The van der Waals surface area contributed by atoms with Crippen LogP contribution >= 0.6 is 0 Å². The Morgan fingerprint density at radius 2 is 1.02 bits per heavy atom. The average molecular weight is 637 g/mol. The van der Waals surface area contributed by atoms with E-state index < -0.39 is 36.3 Å². The summed E-state index contributed by atoms with van der Waals surface area (Å²) in [6, 6.07) is 36.5. The van der Waals surface area contributed by atoms with Gasteiger partial charge in [-0.15, -0.1) is 0 Å². The van der Waals surface area contributed by atoms with Crippen molar-refractivity contribution in [3.63, 3.8) is 0 Å². The van der Waals surface area contributed by atoms with Crippen molar-refractivity contribution < 1.29 is 19.8 Å². The van der Waals surface area contributed by atoms with E-state index in [-0.39, 0.29) is 50.6 Å². The largest absolute Gasteiger partial charge is 0.456 e. The van der Waals surface area contributed by atoms with E-state index in [1.165, 1.54) is 0 Å². The minimum absolute atomic E-state index is 0.00353. The molecule has 230 valence electrons. The maximum absolute atomic E-state index is 8.83. The average Bonchev–Trinajstić information content (AvgIpc) is 3.86. The smallest absolute Gasteiger partial charge is 0.227 e. The summed E-state index contributed by atoms with van der Waals surface area (Å²) >= 11 is 0. The Morgan fingerprint density at radius 3 is 1.78 bits per heavy atom. The highest BCUT2D eigenvalue weighted by molar-refractivity contribution is 6.22. The van der Waals surface area contributed by atoms with Gasteiger partial charge in [-0.05, 0) is 82.6 Å². The summed E-state index contributed by atoms with van der Waals surface area (Å²) in [4.78, 5) is 6.89. The van der Waals surface area contributed by atoms with Crippen LogP contribution in [0.15, 0.2) is 179 Å². The minimum atomic E-state index is -0.518. The fraction of sp³-hybridized carbons (Fsp3) is 0. The van der Waals surface area contributed by atoms with Crippen molar-refractivity contribution >= 4 is 71.6 Å². The van der Waals surface area contributed by atoms with Gasteiger partial charge in [-0.3, -0.25) is 0 Å². The number of anilines is 3. The predicted molar refractivity (Wildman–Crippen MR) is 202 cm³/mol.